The normalized spacial score (nSPS) is 15.3. The van der Waals surface area contributed by atoms with Crippen molar-refractivity contribution in [2.24, 2.45) is 5.92 Å². The highest BCUT2D eigenvalue weighted by Crippen LogP contribution is 2.34. The molecule has 2 atom stereocenters. The summed E-state index contributed by atoms with van der Waals surface area (Å²) in [5.74, 6) is -1.40. The lowest BCUT2D eigenvalue weighted by molar-refractivity contribution is -0.141. The molecule has 1 aromatic rings. The van der Waals surface area contributed by atoms with E-state index in [4.69, 9.17) is 5.11 Å². The minimum Gasteiger partial charge on any atom is -0.481 e. The summed E-state index contributed by atoms with van der Waals surface area (Å²) in [6.07, 6.45) is 0.953. The Balaban J connectivity index is 3.10. The molecule has 0 radical (unpaired) electrons. The van der Waals surface area contributed by atoms with E-state index in [0.29, 0.717) is 12.8 Å². The molecule has 0 aromatic heterocycles. The van der Waals surface area contributed by atoms with Gasteiger partial charge in [0.05, 0.1) is 17.4 Å². The van der Waals surface area contributed by atoms with Gasteiger partial charge in [-0.15, -0.1) is 0 Å². The summed E-state index contributed by atoms with van der Waals surface area (Å²) in [5, 5.41) is 18.9. The maximum absolute atomic E-state index is 11.1. The van der Waals surface area contributed by atoms with E-state index in [1.807, 2.05) is 49.3 Å². The lowest BCUT2D eigenvalue weighted by Gasteiger charge is -2.30. The number of benzene rings is 1. The van der Waals surface area contributed by atoms with E-state index in [2.05, 4.69) is 6.07 Å². The summed E-state index contributed by atoms with van der Waals surface area (Å²) in [4.78, 5) is 13.2. The summed E-state index contributed by atoms with van der Waals surface area (Å²) in [7, 11) is 3.90. The van der Waals surface area contributed by atoms with Crippen molar-refractivity contribution in [1.29, 1.82) is 5.26 Å². The summed E-state index contributed by atoms with van der Waals surface area (Å²) >= 11 is 0. The fraction of sp³-hybridized carbons (Fsp3) is 0.500. The molecule has 0 saturated heterocycles. The van der Waals surface area contributed by atoms with E-state index < -0.39 is 17.3 Å². The van der Waals surface area contributed by atoms with Gasteiger partial charge in [-0.25, -0.2) is 0 Å². The van der Waals surface area contributed by atoms with Crippen LogP contribution < -0.4 is 0 Å². The van der Waals surface area contributed by atoms with Gasteiger partial charge in [-0.2, -0.15) is 5.26 Å². The molecule has 0 amide bonds. The first-order valence-electron chi connectivity index (χ1n) is 6.75. The smallest absolute Gasteiger partial charge is 0.306 e. The van der Waals surface area contributed by atoms with Gasteiger partial charge in [0.2, 0.25) is 0 Å². The van der Waals surface area contributed by atoms with Gasteiger partial charge in [-0.3, -0.25) is 4.79 Å². The lowest BCUT2D eigenvalue weighted by Crippen LogP contribution is -2.33. The number of carboxylic acid groups (broad SMARTS) is 1. The number of nitriles is 1. The van der Waals surface area contributed by atoms with Crippen molar-refractivity contribution in [3.8, 4) is 6.07 Å². The van der Waals surface area contributed by atoms with Crippen molar-refractivity contribution in [3.05, 3.63) is 35.9 Å². The first kappa shape index (κ1) is 16.2. The molecule has 4 heteroatoms. The minimum absolute atomic E-state index is 0.330. The molecule has 0 heterocycles. The predicted molar refractivity (Wildman–Crippen MR) is 78.3 cm³/mol. The van der Waals surface area contributed by atoms with E-state index in [1.165, 1.54) is 0 Å². The highest BCUT2D eigenvalue weighted by molar-refractivity contribution is 5.69. The molecule has 1 rings (SSSR count). The minimum atomic E-state index is -0.856. The lowest BCUT2D eigenvalue weighted by atomic mass is 9.72. The molecule has 0 spiro atoms. The Kier molecular flexibility index (Phi) is 5.72. The van der Waals surface area contributed by atoms with Gasteiger partial charge in [-0.1, -0.05) is 37.3 Å². The molecule has 0 bridgehead atoms. The topological polar surface area (TPSA) is 64.3 Å². The van der Waals surface area contributed by atoms with E-state index >= 15 is 0 Å². The van der Waals surface area contributed by atoms with E-state index in [-0.39, 0.29) is 0 Å². The second kappa shape index (κ2) is 7.06. The molecule has 2 unspecified atom stereocenters. The zero-order chi connectivity index (χ0) is 15.2. The summed E-state index contributed by atoms with van der Waals surface area (Å²) in [6.45, 7) is 2.40. The fourth-order valence-corrected chi connectivity index (χ4v) is 2.31. The summed E-state index contributed by atoms with van der Waals surface area (Å²) in [5.41, 5.74) is 0.154. The predicted octanol–water partition coefficient (Wildman–Crippen LogP) is 2.51. The van der Waals surface area contributed by atoms with Gasteiger partial charge < -0.3 is 10.0 Å². The average Bonchev–Trinajstić information content (AvgIpc) is 2.44. The fourth-order valence-electron chi connectivity index (χ4n) is 2.31. The van der Waals surface area contributed by atoms with Gasteiger partial charge >= 0.3 is 5.97 Å². The Bertz CT molecular complexity index is 479. The van der Waals surface area contributed by atoms with E-state index in [9.17, 15) is 10.1 Å². The largest absolute Gasteiger partial charge is 0.481 e. The van der Waals surface area contributed by atoms with Gasteiger partial charge in [0.1, 0.15) is 0 Å². The SMILES string of the molecule is CC(CC(C#N)(CCN(C)C)c1ccccc1)C(=O)O. The molecule has 108 valence electrons. The standard InChI is InChI=1S/C16H22N2O2/c1-13(15(19)20)11-16(12-17,9-10-18(2)3)14-7-5-4-6-8-14/h4-8,13H,9-11H2,1-3H3,(H,19,20). The molecule has 0 saturated carbocycles. The molecule has 0 aliphatic rings. The van der Waals surface area contributed by atoms with Crippen LogP contribution in [0.25, 0.3) is 0 Å². The van der Waals surface area contributed by atoms with Gasteiger partial charge in [0.25, 0.3) is 0 Å². The summed E-state index contributed by atoms with van der Waals surface area (Å²) in [6, 6.07) is 11.9. The Labute approximate surface area is 120 Å². The van der Waals surface area contributed by atoms with Crippen LogP contribution in [-0.2, 0) is 10.2 Å². The molecule has 4 nitrogen and oxygen atoms in total. The number of nitrogens with zero attached hydrogens (tertiary/aromatic N) is 2. The maximum Gasteiger partial charge on any atom is 0.306 e. The third-order valence-electron chi connectivity index (χ3n) is 3.60. The summed E-state index contributed by atoms with van der Waals surface area (Å²) < 4.78 is 0. The highest BCUT2D eigenvalue weighted by Gasteiger charge is 2.35. The van der Waals surface area contributed by atoms with Gasteiger partial charge in [0.15, 0.2) is 0 Å². The van der Waals surface area contributed by atoms with Crippen LogP contribution in [0.1, 0.15) is 25.3 Å². The van der Waals surface area contributed by atoms with Crippen molar-refractivity contribution in [2.75, 3.05) is 20.6 Å². The van der Waals surface area contributed by atoms with Crippen molar-refractivity contribution < 1.29 is 9.90 Å². The Morgan fingerprint density at radius 3 is 2.45 bits per heavy atom. The number of aliphatic carboxylic acids is 1. The number of rotatable bonds is 7. The Morgan fingerprint density at radius 2 is 2.00 bits per heavy atom. The van der Waals surface area contributed by atoms with Crippen molar-refractivity contribution in [2.45, 2.75) is 25.2 Å². The van der Waals surface area contributed by atoms with E-state index in [0.717, 1.165) is 12.1 Å². The maximum atomic E-state index is 11.1. The van der Waals surface area contributed by atoms with Crippen LogP contribution in [0.2, 0.25) is 0 Å². The monoisotopic (exact) mass is 274 g/mol. The van der Waals surface area contributed by atoms with Crippen molar-refractivity contribution >= 4 is 5.97 Å². The Morgan fingerprint density at radius 1 is 1.40 bits per heavy atom. The molecule has 0 aliphatic carbocycles. The van der Waals surface area contributed by atoms with E-state index in [1.54, 1.807) is 6.92 Å². The van der Waals surface area contributed by atoms with Gasteiger partial charge in [0, 0.05) is 0 Å². The quantitative estimate of drug-likeness (QED) is 0.829. The molecule has 20 heavy (non-hydrogen) atoms. The third-order valence-corrected chi connectivity index (χ3v) is 3.60. The number of carbonyl (C=O) groups is 1. The van der Waals surface area contributed by atoms with Crippen molar-refractivity contribution in [3.63, 3.8) is 0 Å². The number of hydrogen-bond acceptors (Lipinski definition) is 3. The molecule has 1 aromatic carbocycles. The third kappa shape index (κ3) is 4.07. The van der Waals surface area contributed by atoms with Crippen LogP contribution in [-0.4, -0.2) is 36.6 Å². The number of hydrogen-bond donors (Lipinski definition) is 1. The van der Waals surface area contributed by atoms with Crippen LogP contribution >= 0.6 is 0 Å². The average molecular weight is 274 g/mol. The Hall–Kier alpha value is -1.86. The second-order valence-corrected chi connectivity index (χ2v) is 5.56. The molecule has 0 aliphatic heterocycles. The molecule has 0 fully saturated rings. The zero-order valence-electron chi connectivity index (χ0n) is 12.3. The molecular formula is C16H22N2O2. The van der Waals surface area contributed by atoms with Crippen LogP contribution in [0.15, 0.2) is 30.3 Å². The van der Waals surface area contributed by atoms with Crippen LogP contribution in [0.4, 0.5) is 0 Å². The van der Waals surface area contributed by atoms with Gasteiger partial charge in [-0.05, 0) is 39.0 Å². The first-order chi connectivity index (χ1) is 9.41. The number of carboxylic acids is 1. The van der Waals surface area contributed by atoms with Crippen molar-refractivity contribution in [1.82, 2.24) is 4.90 Å². The van der Waals surface area contributed by atoms with Crippen LogP contribution in [0, 0.1) is 17.2 Å². The first-order valence-corrected chi connectivity index (χ1v) is 6.75. The molecular weight excluding hydrogens is 252 g/mol. The molecule has 1 N–H and O–H groups in total. The highest BCUT2D eigenvalue weighted by atomic mass is 16.4. The van der Waals surface area contributed by atoms with Crippen LogP contribution in [0.5, 0.6) is 0 Å². The zero-order valence-corrected chi connectivity index (χ0v) is 12.3. The van der Waals surface area contributed by atoms with Crippen LogP contribution in [0.3, 0.4) is 0 Å². The second-order valence-electron chi connectivity index (χ2n) is 5.56.